The minimum absolute atomic E-state index is 0.0698. The van der Waals surface area contributed by atoms with Crippen LogP contribution in [0.25, 0.3) is 0 Å². The van der Waals surface area contributed by atoms with E-state index < -0.39 is 0 Å². The molecule has 1 fully saturated rings. The van der Waals surface area contributed by atoms with Gasteiger partial charge in [0, 0.05) is 57.9 Å². The molecule has 0 spiro atoms. The van der Waals surface area contributed by atoms with E-state index in [-0.39, 0.29) is 18.6 Å². The van der Waals surface area contributed by atoms with Crippen LogP contribution in [-0.2, 0) is 27.3 Å². The normalized spacial score (nSPS) is 20.1. The Labute approximate surface area is 208 Å². The summed E-state index contributed by atoms with van der Waals surface area (Å²) in [6, 6.07) is 14.7. The minimum Gasteiger partial charge on any atom is -0.494 e. The monoisotopic (exact) mass is 482 g/mol. The van der Waals surface area contributed by atoms with Crippen molar-refractivity contribution < 1.29 is 24.1 Å². The zero-order valence-corrected chi connectivity index (χ0v) is 20.7. The van der Waals surface area contributed by atoms with Gasteiger partial charge in [0.15, 0.2) is 0 Å². The number of rotatable bonds is 12. The van der Waals surface area contributed by atoms with Crippen molar-refractivity contribution in [1.82, 2.24) is 5.32 Å². The highest BCUT2D eigenvalue weighted by molar-refractivity contribution is 5.96. The molecule has 4 rings (SSSR count). The van der Waals surface area contributed by atoms with Crippen LogP contribution in [0.4, 0.5) is 5.69 Å². The van der Waals surface area contributed by atoms with Crippen molar-refractivity contribution >= 4 is 11.6 Å². The van der Waals surface area contributed by atoms with E-state index in [0.717, 1.165) is 49.4 Å². The molecule has 2 atom stereocenters. The van der Waals surface area contributed by atoms with Gasteiger partial charge in [0.1, 0.15) is 5.75 Å². The van der Waals surface area contributed by atoms with E-state index in [1.165, 1.54) is 11.1 Å². The summed E-state index contributed by atoms with van der Waals surface area (Å²) < 4.78 is 17.3. The molecule has 190 valence electrons. The Morgan fingerprint density at radius 2 is 1.94 bits per heavy atom. The van der Waals surface area contributed by atoms with Gasteiger partial charge in [-0.2, -0.15) is 0 Å². The first kappa shape index (κ1) is 25.6. The van der Waals surface area contributed by atoms with Crippen LogP contribution >= 0.6 is 0 Å². The molecule has 2 heterocycles. The summed E-state index contributed by atoms with van der Waals surface area (Å²) in [5, 5.41) is 12.4. The smallest absolute Gasteiger partial charge is 0.227 e. The van der Waals surface area contributed by atoms with Crippen molar-refractivity contribution in [3.8, 4) is 5.75 Å². The summed E-state index contributed by atoms with van der Waals surface area (Å²) in [6.07, 6.45) is 3.90. The first-order chi connectivity index (χ1) is 17.2. The number of fused-ring (bicyclic) bond motifs is 1. The van der Waals surface area contributed by atoms with Crippen molar-refractivity contribution in [2.45, 2.75) is 50.7 Å². The maximum Gasteiger partial charge on any atom is 0.227 e. The molecule has 0 aromatic heterocycles. The lowest BCUT2D eigenvalue weighted by atomic mass is 9.87. The molecule has 0 aliphatic carbocycles. The number of hydrogen-bond donors (Lipinski definition) is 2. The standard InChI is InChI=1S/C28H38N2O5/c1-33-16-2-14-30-26-18-21(4-5-23(26)8-11-28(30)32)20-35-27-19-29-13-12-25(27)22-6-9-24(10-7-22)34-17-3-15-31/h4-7,9-10,18,25,27,29,31H,2-3,8,11-17,19-20H2,1H3. The molecular weight excluding hydrogens is 444 g/mol. The molecule has 2 aromatic rings. The van der Waals surface area contributed by atoms with Crippen LogP contribution < -0.4 is 15.0 Å². The number of aryl methyl sites for hydroxylation is 1. The van der Waals surface area contributed by atoms with Gasteiger partial charge in [-0.3, -0.25) is 4.79 Å². The van der Waals surface area contributed by atoms with Gasteiger partial charge in [0.25, 0.3) is 0 Å². The topological polar surface area (TPSA) is 80.3 Å². The number of methoxy groups -OCH3 is 1. The van der Waals surface area contributed by atoms with E-state index in [1.54, 1.807) is 7.11 Å². The molecule has 35 heavy (non-hydrogen) atoms. The molecule has 0 bridgehead atoms. The number of nitrogens with one attached hydrogen (secondary N) is 1. The Morgan fingerprint density at radius 1 is 1.09 bits per heavy atom. The molecule has 7 nitrogen and oxygen atoms in total. The molecule has 2 aliphatic rings. The van der Waals surface area contributed by atoms with Gasteiger partial charge in [-0.25, -0.2) is 0 Å². The molecule has 2 aliphatic heterocycles. The third-order valence-electron chi connectivity index (χ3n) is 6.85. The maximum atomic E-state index is 12.6. The van der Waals surface area contributed by atoms with Gasteiger partial charge in [0.05, 0.1) is 19.3 Å². The maximum absolute atomic E-state index is 12.6. The summed E-state index contributed by atoms with van der Waals surface area (Å²) in [5.74, 6) is 1.33. The molecule has 2 aromatic carbocycles. The second-order valence-corrected chi connectivity index (χ2v) is 9.30. The third-order valence-corrected chi connectivity index (χ3v) is 6.85. The zero-order chi connectivity index (χ0) is 24.5. The fraction of sp³-hybridized carbons (Fsp3) is 0.536. The van der Waals surface area contributed by atoms with Crippen molar-refractivity contribution in [3.05, 3.63) is 59.2 Å². The SMILES string of the molecule is COCCCN1C(=O)CCc2ccc(COC3CNCCC3c3ccc(OCCCO)cc3)cc21. The number of anilines is 1. The van der Waals surface area contributed by atoms with Crippen LogP contribution in [0.2, 0.25) is 0 Å². The van der Waals surface area contributed by atoms with Crippen LogP contribution in [0.3, 0.4) is 0 Å². The number of aliphatic hydroxyl groups excluding tert-OH is 1. The largest absolute Gasteiger partial charge is 0.494 e. The van der Waals surface area contributed by atoms with Crippen LogP contribution in [0.1, 0.15) is 48.3 Å². The molecule has 2 unspecified atom stereocenters. The number of carbonyl (C=O) groups is 1. The van der Waals surface area contributed by atoms with Crippen LogP contribution in [0.5, 0.6) is 5.75 Å². The molecular formula is C28H38N2O5. The Balaban J connectivity index is 1.40. The molecule has 1 saturated heterocycles. The second-order valence-electron chi connectivity index (χ2n) is 9.30. The summed E-state index contributed by atoms with van der Waals surface area (Å²) in [6.45, 7) is 4.27. The predicted octanol–water partition coefficient (Wildman–Crippen LogP) is 3.43. The Hall–Kier alpha value is -2.45. The number of aliphatic hydroxyl groups is 1. The third kappa shape index (κ3) is 6.82. The number of carbonyl (C=O) groups excluding carboxylic acids is 1. The first-order valence-electron chi connectivity index (χ1n) is 12.8. The fourth-order valence-corrected chi connectivity index (χ4v) is 4.94. The molecule has 7 heteroatoms. The lowest BCUT2D eigenvalue weighted by molar-refractivity contribution is -0.118. The highest BCUT2D eigenvalue weighted by atomic mass is 16.5. The van der Waals surface area contributed by atoms with E-state index in [9.17, 15) is 4.79 Å². The number of amides is 1. The lowest BCUT2D eigenvalue weighted by Gasteiger charge is -2.33. The van der Waals surface area contributed by atoms with E-state index in [1.807, 2.05) is 17.0 Å². The molecule has 0 radical (unpaired) electrons. The average molecular weight is 483 g/mol. The summed E-state index contributed by atoms with van der Waals surface area (Å²) >= 11 is 0. The van der Waals surface area contributed by atoms with E-state index >= 15 is 0 Å². The van der Waals surface area contributed by atoms with E-state index in [0.29, 0.717) is 45.1 Å². The fourth-order valence-electron chi connectivity index (χ4n) is 4.94. The number of benzene rings is 2. The highest BCUT2D eigenvalue weighted by Crippen LogP contribution is 2.32. The van der Waals surface area contributed by atoms with Crippen molar-refractivity contribution in [2.24, 2.45) is 0 Å². The highest BCUT2D eigenvalue weighted by Gasteiger charge is 2.28. The van der Waals surface area contributed by atoms with Crippen LogP contribution in [-0.4, -0.2) is 63.7 Å². The van der Waals surface area contributed by atoms with Crippen molar-refractivity contribution in [1.29, 1.82) is 0 Å². The Morgan fingerprint density at radius 3 is 2.74 bits per heavy atom. The van der Waals surface area contributed by atoms with Crippen LogP contribution in [0.15, 0.2) is 42.5 Å². The number of nitrogens with zero attached hydrogens (tertiary/aromatic N) is 1. The summed E-state index contributed by atoms with van der Waals surface area (Å²) in [7, 11) is 1.69. The van der Waals surface area contributed by atoms with Crippen LogP contribution in [0, 0.1) is 0 Å². The zero-order valence-electron chi connectivity index (χ0n) is 20.7. The van der Waals surface area contributed by atoms with Crippen molar-refractivity contribution in [3.63, 3.8) is 0 Å². The average Bonchev–Trinajstić information content (AvgIpc) is 2.89. The number of piperidine rings is 1. The van der Waals surface area contributed by atoms with Gasteiger partial charge in [-0.1, -0.05) is 24.3 Å². The Kier molecular flexibility index (Phi) is 9.54. The Bertz CT molecular complexity index is 949. The molecule has 0 saturated carbocycles. The van der Waals surface area contributed by atoms with Gasteiger partial charge >= 0.3 is 0 Å². The van der Waals surface area contributed by atoms with Gasteiger partial charge in [0.2, 0.25) is 5.91 Å². The minimum atomic E-state index is 0.0698. The van der Waals surface area contributed by atoms with E-state index in [2.05, 4.69) is 35.6 Å². The van der Waals surface area contributed by atoms with Crippen molar-refractivity contribution in [2.75, 3.05) is 51.5 Å². The number of ether oxygens (including phenoxy) is 3. The quantitative estimate of drug-likeness (QED) is 0.451. The number of hydrogen-bond acceptors (Lipinski definition) is 6. The summed E-state index contributed by atoms with van der Waals surface area (Å²) in [4.78, 5) is 14.5. The lowest BCUT2D eigenvalue weighted by Crippen LogP contribution is -2.41. The molecule has 1 amide bonds. The first-order valence-corrected chi connectivity index (χ1v) is 12.8. The van der Waals surface area contributed by atoms with Gasteiger partial charge in [-0.15, -0.1) is 0 Å². The summed E-state index contributed by atoms with van der Waals surface area (Å²) in [5.41, 5.74) is 4.59. The van der Waals surface area contributed by atoms with Gasteiger partial charge in [-0.05, 0) is 60.7 Å². The van der Waals surface area contributed by atoms with Gasteiger partial charge < -0.3 is 29.5 Å². The predicted molar refractivity (Wildman–Crippen MR) is 136 cm³/mol. The second kappa shape index (κ2) is 13.0. The molecule has 2 N–H and O–H groups in total. The van der Waals surface area contributed by atoms with E-state index in [4.69, 9.17) is 19.3 Å².